The van der Waals surface area contributed by atoms with Gasteiger partial charge in [0.05, 0.1) is 17.7 Å². The first kappa shape index (κ1) is 27.2. The highest BCUT2D eigenvalue weighted by Crippen LogP contribution is 2.38. The van der Waals surface area contributed by atoms with Crippen molar-refractivity contribution in [2.24, 2.45) is 5.73 Å². The highest BCUT2D eigenvalue weighted by Gasteiger charge is 2.24. The number of hydrogen-bond acceptors (Lipinski definition) is 8. The molecule has 0 aliphatic rings. The van der Waals surface area contributed by atoms with Gasteiger partial charge in [-0.2, -0.15) is 10.5 Å². The van der Waals surface area contributed by atoms with E-state index in [-0.39, 0.29) is 35.7 Å². The molecule has 0 aliphatic carbocycles. The Bertz CT molecular complexity index is 1390. The average Bonchev–Trinajstić information content (AvgIpc) is 2.89. The fourth-order valence-electron chi connectivity index (χ4n) is 3.81. The lowest BCUT2D eigenvalue weighted by atomic mass is 9.95. The standard InChI is InChI=1S/C27H25N5O4S/c1-32(15-23(30)34)25-21(13-28)24(19-9-7-17(8-10-19)5-3-11-33)22(14-29)26(31-25)37-16-18-4-2-6-20(12-18)27(35)36/h2,4,6-10,12,33H,3,5,11,15-16H2,1H3,(H2,30,34)(H,35,36). The van der Waals surface area contributed by atoms with Crippen molar-refractivity contribution >= 4 is 29.5 Å². The van der Waals surface area contributed by atoms with Crippen LogP contribution in [0, 0.1) is 22.7 Å². The van der Waals surface area contributed by atoms with E-state index in [0.717, 1.165) is 11.1 Å². The predicted molar refractivity (Wildman–Crippen MR) is 140 cm³/mol. The van der Waals surface area contributed by atoms with Crippen LogP contribution in [0.4, 0.5) is 5.82 Å². The molecule has 3 rings (SSSR count). The van der Waals surface area contributed by atoms with Gasteiger partial charge in [-0.3, -0.25) is 4.79 Å². The second kappa shape index (κ2) is 12.5. The van der Waals surface area contributed by atoms with Gasteiger partial charge in [0.25, 0.3) is 0 Å². The number of benzene rings is 2. The maximum Gasteiger partial charge on any atom is 0.335 e. The average molecular weight is 516 g/mol. The van der Waals surface area contributed by atoms with Crippen LogP contribution in [0.3, 0.4) is 0 Å². The van der Waals surface area contributed by atoms with Crippen molar-refractivity contribution < 1.29 is 19.8 Å². The number of aryl methyl sites for hydroxylation is 1. The number of amides is 1. The van der Waals surface area contributed by atoms with Gasteiger partial charge < -0.3 is 20.8 Å². The van der Waals surface area contributed by atoms with Crippen LogP contribution >= 0.6 is 11.8 Å². The van der Waals surface area contributed by atoms with Crippen LogP contribution in [0.2, 0.25) is 0 Å². The number of rotatable bonds is 11. The number of aliphatic hydroxyl groups excluding tert-OH is 1. The zero-order chi connectivity index (χ0) is 26.9. The Morgan fingerprint density at radius 1 is 1.08 bits per heavy atom. The maximum atomic E-state index is 11.6. The van der Waals surface area contributed by atoms with Crippen LogP contribution in [0.15, 0.2) is 53.6 Å². The summed E-state index contributed by atoms with van der Waals surface area (Å²) in [5.41, 5.74) is 8.62. The molecule has 9 nitrogen and oxygen atoms in total. The number of likely N-dealkylation sites (N-methyl/N-ethyl adjacent to an activating group) is 1. The number of carbonyl (C=O) groups excluding carboxylic acids is 1. The largest absolute Gasteiger partial charge is 0.478 e. The van der Waals surface area contributed by atoms with Crippen LogP contribution in [-0.4, -0.2) is 47.3 Å². The summed E-state index contributed by atoms with van der Waals surface area (Å²) in [4.78, 5) is 29.0. The minimum Gasteiger partial charge on any atom is -0.478 e. The van der Waals surface area contributed by atoms with E-state index in [1.807, 2.05) is 24.3 Å². The van der Waals surface area contributed by atoms with E-state index in [1.54, 1.807) is 25.2 Å². The van der Waals surface area contributed by atoms with E-state index in [4.69, 9.17) is 10.8 Å². The molecular weight excluding hydrogens is 490 g/mol. The third-order valence-electron chi connectivity index (χ3n) is 5.54. The van der Waals surface area contributed by atoms with Gasteiger partial charge in [0, 0.05) is 25.0 Å². The third kappa shape index (κ3) is 6.64. The third-order valence-corrected chi connectivity index (χ3v) is 6.59. The molecule has 1 aromatic heterocycles. The number of aliphatic hydroxyl groups is 1. The Morgan fingerprint density at radius 3 is 2.38 bits per heavy atom. The van der Waals surface area contributed by atoms with Crippen LogP contribution in [0.1, 0.15) is 39.0 Å². The Balaban J connectivity index is 2.14. The van der Waals surface area contributed by atoms with Gasteiger partial charge in [-0.05, 0) is 41.7 Å². The van der Waals surface area contributed by atoms with E-state index in [1.165, 1.54) is 22.7 Å². The van der Waals surface area contributed by atoms with Gasteiger partial charge >= 0.3 is 5.97 Å². The SMILES string of the molecule is CN(CC(N)=O)c1nc(SCc2cccc(C(=O)O)c2)c(C#N)c(-c2ccc(CCCO)cc2)c1C#N. The molecule has 3 aromatic rings. The molecule has 0 saturated heterocycles. The van der Waals surface area contributed by atoms with E-state index in [9.17, 15) is 25.2 Å². The molecule has 0 bridgehead atoms. The van der Waals surface area contributed by atoms with Crippen molar-refractivity contribution in [3.63, 3.8) is 0 Å². The summed E-state index contributed by atoms with van der Waals surface area (Å²) in [5.74, 6) is -1.11. The number of nitrogens with zero attached hydrogens (tertiary/aromatic N) is 4. The summed E-state index contributed by atoms with van der Waals surface area (Å²) in [6, 6.07) is 18.2. The Hall–Kier alpha value is -4.38. The van der Waals surface area contributed by atoms with Crippen molar-refractivity contribution in [1.29, 1.82) is 10.5 Å². The summed E-state index contributed by atoms with van der Waals surface area (Å²) >= 11 is 1.23. The maximum absolute atomic E-state index is 11.6. The molecule has 1 amide bonds. The number of anilines is 1. The van der Waals surface area contributed by atoms with Gasteiger partial charge in [0.2, 0.25) is 5.91 Å². The monoisotopic (exact) mass is 515 g/mol. The van der Waals surface area contributed by atoms with E-state index in [2.05, 4.69) is 17.1 Å². The number of nitrogens with two attached hydrogens (primary N) is 1. The zero-order valence-corrected chi connectivity index (χ0v) is 21.0. The smallest absolute Gasteiger partial charge is 0.335 e. The lowest BCUT2D eigenvalue weighted by Crippen LogP contribution is -2.32. The first-order valence-electron chi connectivity index (χ1n) is 11.3. The molecule has 0 saturated carbocycles. The summed E-state index contributed by atoms with van der Waals surface area (Å²) in [5, 5.41) is 38.9. The van der Waals surface area contributed by atoms with Gasteiger partial charge in [-0.15, -0.1) is 11.8 Å². The van der Waals surface area contributed by atoms with Crippen LogP contribution < -0.4 is 10.6 Å². The number of pyridine rings is 1. The molecule has 1 heterocycles. The zero-order valence-electron chi connectivity index (χ0n) is 20.1. The van der Waals surface area contributed by atoms with E-state index in [0.29, 0.717) is 34.7 Å². The Kier molecular flexibility index (Phi) is 9.22. The van der Waals surface area contributed by atoms with Gasteiger partial charge in [-0.25, -0.2) is 9.78 Å². The van der Waals surface area contributed by atoms with Crippen molar-refractivity contribution in [2.75, 3.05) is 25.1 Å². The van der Waals surface area contributed by atoms with E-state index < -0.39 is 11.9 Å². The highest BCUT2D eigenvalue weighted by atomic mass is 32.2. The van der Waals surface area contributed by atoms with Crippen molar-refractivity contribution in [1.82, 2.24) is 4.98 Å². The lowest BCUT2D eigenvalue weighted by molar-refractivity contribution is -0.116. The minimum atomic E-state index is -1.04. The van der Waals surface area contributed by atoms with Crippen molar-refractivity contribution in [3.8, 4) is 23.3 Å². The van der Waals surface area contributed by atoms with Gasteiger partial charge in [0.15, 0.2) is 0 Å². The quantitative estimate of drug-likeness (QED) is 0.325. The molecule has 0 atom stereocenters. The van der Waals surface area contributed by atoms with Gasteiger partial charge in [-0.1, -0.05) is 36.4 Å². The molecular formula is C27H25N5O4S. The first-order chi connectivity index (χ1) is 17.8. The first-order valence-corrected chi connectivity index (χ1v) is 12.3. The summed E-state index contributed by atoms with van der Waals surface area (Å²) in [6.07, 6.45) is 1.31. The van der Waals surface area contributed by atoms with Crippen LogP contribution in [0.5, 0.6) is 0 Å². The highest BCUT2D eigenvalue weighted by molar-refractivity contribution is 7.98. The number of carboxylic acids is 1. The van der Waals surface area contributed by atoms with Crippen LogP contribution in [0.25, 0.3) is 11.1 Å². The molecule has 0 unspecified atom stereocenters. The molecule has 0 fully saturated rings. The molecule has 0 spiro atoms. The molecule has 10 heteroatoms. The topological polar surface area (TPSA) is 164 Å². The summed E-state index contributed by atoms with van der Waals surface area (Å²) in [7, 11) is 1.59. The molecule has 188 valence electrons. The number of thioether (sulfide) groups is 1. The second-order valence-electron chi connectivity index (χ2n) is 8.23. The molecule has 37 heavy (non-hydrogen) atoms. The molecule has 0 aliphatic heterocycles. The normalized spacial score (nSPS) is 10.4. The fraction of sp³-hybridized carbons (Fsp3) is 0.222. The Morgan fingerprint density at radius 2 is 1.78 bits per heavy atom. The predicted octanol–water partition coefficient (Wildman–Crippen LogP) is 3.33. The number of carboxylic acid groups (broad SMARTS) is 1. The number of nitriles is 2. The number of aromatic carboxylic acids is 1. The summed E-state index contributed by atoms with van der Waals surface area (Å²) in [6.45, 7) is -0.105. The van der Waals surface area contributed by atoms with E-state index >= 15 is 0 Å². The number of primary amides is 1. The lowest BCUT2D eigenvalue weighted by Gasteiger charge is -2.22. The van der Waals surface area contributed by atoms with Crippen molar-refractivity contribution in [3.05, 3.63) is 76.3 Å². The number of hydrogen-bond donors (Lipinski definition) is 3. The van der Waals surface area contributed by atoms with Gasteiger partial charge in [0.1, 0.15) is 28.5 Å². The molecule has 2 aromatic carbocycles. The Labute approximate surface area is 218 Å². The molecule has 0 radical (unpaired) electrons. The minimum absolute atomic E-state index is 0.0782. The summed E-state index contributed by atoms with van der Waals surface area (Å²) < 4.78 is 0. The molecule has 4 N–H and O–H groups in total. The van der Waals surface area contributed by atoms with Crippen LogP contribution in [-0.2, 0) is 17.0 Å². The number of aromatic nitrogens is 1. The number of carbonyl (C=O) groups is 2. The second-order valence-corrected chi connectivity index (χ2v) is 9.19. The fourth-order valence-corrected chi connectivity index (χ4v) is 4.73. The van der Waals surface area contributed by atoms with Crippen molar-refractivity contribution in [2.45, 2.75) is 23.6 Å².